The summed E-state index contributed by atoms with van der Waals surface area (Å²) in [5, 5.41) is 7.57. The second-order valence-corrected chi connectivity index (χ2v) is 8.28. The number of rotatable bonds is 7. The second-order valence-electron chi connectivity index (χ2n) is 7.50. The molecule has 0 radical (unpaired) electrons. The molecule has 10 heteroatoms. The Bertz CT molecular complexity index is 1010. The number of ether oxygens (including phenoxy) is 1. The Kier molecular flexibility index (Phi) is 5.50. The van der Waals surface area contributed by atoms with Crippen molar-refractivity contribution in [1.29, 1.82) is 0 Å². The second kappa shape index (κ2) is 8.57. The van der Waals surface area contributed by atoms with Crippen LogP contribution in [0.15, 0.2) is 23.2 Å². The molecule has 0 bridgehead atoms. The number of hydrogen-bond acceptors (Lipinski definition) is 8. The van der Waals surface area contributed by atoms with Crippen LogP contribution in [-0.2, 0) is 9.53 Å². The van der Waals surface area contributed by atoms with E-state index < -0.39 is 0 Å². The third-order valence-corrected chi connectivity index (χ3v) is 6.20. The van der Waals surface area contributed by atoms with Gasteiger partial charge in [-0.05, 0) is 24.3 Å². The molecule has 0 aromatic carbocycles. The van der Waals surface area contributed by atoms with Gasteiger partial charge in [0.05, 0.1) is 18.9 Å². The number of imidazole rings is 1. The molecular weight excluding hydrogens is 402 g/mol. The number of nitrogens with zero attached hydrogens (tertiary/aromatic N) is 6. The molecular formula is C20H25N7O2S. The van der Waals surface area contributed by atoms with Gasteiger partial charge < -0.3 is 19.9 Å². The van der Waals surface area contributed by atoms with Gasteiger partial charge in [-0.15, -0.1) is 0 Å². The van der Waals surface area contributed by atoms with E-state index in [2.05, 4.69) is 26.6 Å². The summed E-state index contributed by atoms with van der Waals surface area (Å²) < 4.78 is 7.49. The third-order valence-electron chi connectivity index (χ3n) is 5.53. The zero-order chi connectivity index (χ0) is 20.3. The van der Waals surface area contributed by atoms with Crippen LogP contribution in [0.2, 0.25) is 0 Å². The first-order valence-electron chi connectivity index (χ1n) is 10.4. The van der Waals surface area contributed by atoms with Crippen LogP contribution < -0.4 is 10.2 Å². The Hall–Kier alpha value is -2.72. The first-order chi connectivity index (χ1) is 14.8. The maximum atomic E-state index is 11.8. The number of carbonyl (C=O) groups excluding carboxylic acids is 1. The monoisotopic (exact) mass is 427 g/mol. The molecule has 2 fully saturated rings. The molecule has 30 heavy (non-hydrogen) atoms. The predicted molar refractivity (Wildman–Crippen MR) is 116 cm³/mol. The lowest BCUT2D eigenvalue weighted by atomic mass is 10.3. The maximum absolute atomic E-state index is 11.8. The fourth-order valence-corrected chi connectivity index (χ4v) is 4.55. The van der Waals surface area contributed by atoms with Gasteiger partial charge in [0.2, 0.25) is 11.9 Å². The summed E-state index contributed by atoms with van der Waals surface area (Å²) in [4.78, 5) is 30.2. The lowest BCUT2D eigenvalue weighted by molar-refractivity contribution is -0.127. The van der Waals surface area contributed by atoms with Gasteiger partial charge in [0.25, 0.3) is 0 Å². The lowest BCUT2D eigenvalue weighted by Gasteiger charge is -2.27. The Morgan fingerprint density at radius 2 is 2.10 bits per heavy atom. The van der Waals surface area contributed by atoms with E-state index in [1.807, 2.05) is 14.8 Å². The van der Waals surface area contributed by atoms with Crippen molar-refractivity contribution in [3.8, 4) is 5.69 Å². The van der Waals surface area contributed by atoms with Gasteiger partial charge in [0.15, 0.2) is 17.0 Å². The summed E-state index contributed by atoms with van der Waals surface area (Å²) in [6.45, 7) is 5.28. The molecule has 9 nitrogen and oxygen atoms in total. The van der Waals surface area contributed by atoms with Crippen LogP contribution in [0.3, 0.4) is 0 Å². The number of likely N-dealkylation sites (tertiary alicyclic amines) is 1. The quantitative estimate of drug-likeness (QED) is 0.578. The SMILES string of the molecule is O=C1CCCN1CCCNc1nc(N2CCOCC2)nc2c1ncn2-c1ccsc1. The van der Waals surface area contributed by atoms with E-state index in [4.69, 9.17) is 14.7 Å². The van der Waals surface area contributed by atoms with Crippen LogP contribution >= 0.6 is 11.3 Å². The number of nitrogens with one attached hydrogen (secondary N) is 1. The van der Waals surface area contributed by atoms with E-state index in [1.165, 1.54) is 0 Å². The van der Waals surface area contributed by atoms with Crippen LogP contribution in [0.25, 0.3) is 16.9 Å². The Balaban J connectivity index is 1.39. The smallest absolute Gasteiger partial charge is 0.229 e. The highest BCUT2D eigenvalue weighted by molar-refractivity contribution is 7.08. The van der Waals surface area contributed by atoms with Gasteiger partial charge in [-0.3, -0.25) is 9.36 Å². The maximum Gasteiger partial charge on any atom is 0.229 e. The van der Waals surface area contributed by atoms with E-state index in [9.17, 15) is 4.79 Å². The largest absolute Gasteiger partial charge is 0.378 e. The molecule has 2 aliphatic rings. The fraction of sp³-hybridized carbons (Fsp3) is 0.500. The highest BCUT2D eigenvalue weighted by Gasteiger charge is 2.21. The van der Waals surface area contributed by atoms with Crippen molar-refractivity contribution in [2.45, 2.75) is 19.3 Å². The number of morpholine rings is 1. The fourth-order valence-electron chi connectivity index (χ4n) is 3.92. The van der Waals surface area contributed by atoms with Crippen molar-refractivity contribution >= 4 is 40.2 Å². The van der Waals surface area contributed by atoms with Crippen molar-refractivity contribution in [3.05, 3.63) is 23.2 Å². The number of carbonyl (C=O) groups is 1. The van der Waals surface area contributed by atoms with Gasteiger partial charge in [-0.25, -0.2) is 4.98 Å². The van der Waals surface area contributed by atoms with Crippen LogP contribution in [0.1, 0.15) is 19.3 Å². The number of fused-ring (bicyclic) bond motifs is 1. The Morgan fingerprint density at radius 3 is 2.87 bits per heavy atom. The normalized spacial score (nSPS) is 17.3. The summed E-state index contributed by atoms with van der Waals surface area (Å²) >= 11 is 1.65. The third kappa shape index (κ3) is 3.84. The number of aromatic nitrogens is 4. The number of hydrogen-bond donors (Lipinski definition) is 1. The van der Waals surface area contributed by atoms with Crippen LogP contribution in [-0.4, -0.2) is 76.3 Å². The van der Waals surface area contributed by atoms with Gasteiger partial charge in [-0.1, -0.05) is 0 Å². The molecule has 1 N–H and O–H groups in total. The Morgan fingerprint density at radius 1 is 1.20 bits per heavy atom. The van der Waals surface area contributed by atoms with E-state index in [0.29, 0.717) is 25.6 Å². The zero-order valence-electron chi connectivity index (χ0n) is 16.8. The molecule has 2 saturated heterocycles. The van der Waals surface area contributed by atoms with Gasteiger partial charge in [0.1, 0.15) is 6.33 Å². The van der Waals surface area contributed by atoms with Crippen molar-refractivity contribution < 1.29 is 9.53 Å². The minimum Gasteiger partial charge on any atom is -0.378 e. The zero-order valence-corrected chi connectivity index (χ0v) is 17.6. The molecule has 0 spiro atoms. The molecule has 3 aromatic rings. The van der Waals surface area contributed by atoms with Crippen LogP contribution in [0.4, 0.5) is 11.8 Å². The highest BCUT2D eigenvalue weighted by atomic mass is 32.1. The topological polar surface area (TPSA) is 88.4 Å². The average Bonchev–Trinajstić information content (AvgIpc) is 3.52. The van der Waals surface area contributed by atoms with E-state index in [0.717, 1.165) is 68.2 Å². The van der Waals surface area contributed by atoms with E-state index in [-0.39, 0.29) is 5.91 Å². The predicted octanol–water partition coefficient (Wildman–Crippen LogP) is 2.14. The highest BCUT2D eigenvalue weighted by Crippen LogP contribution is 2.26. The standard InChI is InChI=1S/C20H25N7O2S/c28-16-3-1-6-25(16)7-2-5-21-18-17-19(27(14-22-17)15-4-12-30-13-15)24-20(23-18)26-8-10-29-11-9-26/h4,12-14H,1-3,5-11H2,(H,21,23,24). The van der Waals surface area contributed by atoms with Crippen molar-refractivity contribution in [1.82, 2.24) is 24.4 Å². The summed E-state index contributed by atoms with van der Waals surface area (Å²) in [5.41, 5.74) is 2.60. The number of anilines is 2. The minimum atomic E-state index is 0.267. The first-order valence-corrected chi connectivity index (χ1v) is 11.4. The van der Waals surface area contributed by atoms with E-state index in [1.54, 1.807) is 17.7 Å². The molecule has 0 aliphatic carbocycles. The van der Waals surface area contributed by atoms with Gasteiger partial charge >= 0.3 is 0 Å². The molecule has 0 saturated carbocycles. The molecule has 158 valence electrons. The molecule has 3 aromatic heterocycles. The van der Waals surface area contributed by atoms with Crippen molar-refractivity contribution in [3.63, 3.8) is 0 Å². The van der Waals surface area contributed by atoms with Gasteiger partial charge in [0, 0.05) is 44.5 Å². The molecule has 1 amide bonds. The first kappa shape index (κ1) is 19.3. The molecule has 5 heterocycles. The molecule has 0 atom stereocenters. The van der Waals surface area contributed by atoms with Crippen LogP contribution in [0.5, 0.6) is 0 Å². The average molecular weight is 428 g/mol. The van der Waals surface area contributed by atoms with E-state index >= 15 is 0 Å². The van der Waals surface area contributed by atoms with Crippen molar-refractivity contribution in [2.24, 2.45) is 0 Å². The van der Waals surface area contributed by atoms with Crippen LogP contribution in [0, 0.1) is 0 Å². The summed E-state index contributed by atoms with van der Waals surface area (Å²) in [5.74, 6) is 1.70. The summed E-state index contributed by atoms with van der Waals surface area (Å²) in [6.07, 6.45) is 4.33. The molecule has 5 rings (SSSR count). The Labute approximate surface area is 178 Å². The summed E-state index contributed by atoms with van der Waals surface area (Å²) in [7, 11) is 0. The summed E-state index contributed by atoms with van der Waals surface area (Å²) in [6, 6.07) is 2.06. The lowest BCUT2D eigenvalue weighted by Crippen LogP contribution is -2.37. The van der Waals surface area contributed by atoms with Gasteiger partial charge in [-0.2, -0.15) is 21.3 Å². The van der Waals surface area contributed by atoms with Crippen molar-refractivity contribution in [2.75, 3.05) is 56.2 Å². The minimum absolute atomic E-state index is 0.267. The molecule has 0 unspecified atom stereocenters. The number of thiophene rings is 1. The molecule has 2 aliphatic heterocycles. The number of amides is 1.